The van der Waals surface area contributed by atoms with Crippen LogP contribution in [0.2, 0.25) is 0 Å². The van der Waals surface area contributed by atoms with E-state index in [9.17, 15) is 9.59 Å². The van der Waals surface area contributed by atoms with E-state index in [2.05, 4.69) is 26.1 Å². The van der Waals surface area contributed by atoms with Gasteiger partial charge in [-0.15, -0.1) is 0 Å². The number of carbonyl (C=O) groups excluding carboxylic acids is 2. The lowest BCUT2D eigenvalue weighted by atomic mass is 9.95. The van der Waals surface area contributed by atoms with Gasteiger partial charge in [-0.3, -0.25) is 9.59 Å². The molecule has 0 radical (unpaired) electrons. The Kier molecular flexibility index (Phi) is 8.09. The molecule has 0 aliphatic carbocycles. The van der Waals surface area contributed by atoms with Crippen molar-refractivity contribution in [1.82, 2.24) is 15.1 Å². The maximum Gasteiger partial charge on any atom is 0.241 e. The first-order valence-corrected chi connectivity index (χ1v) is 9.90. The average Bonchev–Trinajstić information content (AvgIpc) is 2.62. The second-order valence-corrected chi connectivity index (χ2v) is 7.95. The van der Waals surface area contributed by atoms with Gasteiger partial charge >= 0.3 is 0 Å². The van der Waals surface area contributed by atoms with Crippen LogP contribution in [0.3, 0.4) is 0 Å². The highest BCUT2D eigenvalue weighted by Crippen LogP contribution is 2.19. The Morgan fingerprint density at radius 3 is 2.67 bits per heavy atom. The molecule has 1 atom stereocenters. The number of rotatable bonds is 6. The van der Waals surface area contributed by atoms with Crippen molar-refractivity contribution in [3.63, 3.8) is 0 Å². The number of likely N-dealkylation sites (N-methyl/N-ethyl adjacent to an activating group) is 1. The summed E-state index contributed by atoms with van der Waals surface area (Å²) in [5.41, 5.74) is 6.45. The summed E-state index contributed by atoms with van der Waals surface area (Å²) in [7, 11) is 3.46. The molecular weight excluding hydrogens is 410 g/mol. The number of nitrogens with two attached hydrogens (primary N) is 1. The molecule has 2 amide bonds. The number of benzene rings is 1. The molecule has 7 nitrogen and oxygen atoms in total. The molecule has 0 bridgehead atoms. The highest BCUT2D eigenvalue weighted by molar-refractivity contribution is 9.10. The fourth-order valence-corrected chi connectivity index (χ4v) is 3.31. The first-order chi connectivity index (χ1) is 12.8. The van der Waals surface area contributed by atoms with E-state index in [1.807, 2.05) is 24.3 Å². The normalized spacial score (nSPS) is 17.5. The van der Waals surface area contributed by atoms with Crippen molar-refractivity contribution in [1.29, 1.82) is 0 Å². The third-order valence-corrected chi connectivity index (χ3v) is 5.06. The standard InChI is InChI=1S/C19H28BrN5O2/c1-24(2)18(27)12-23-19(22-11-14-5-7-16(20)8-6-14)25-9-3-4-15(13-25)10-17(21)26/h5-8,15H,3-4,9-13H2,1-2H3,(H2,21,26)(H,22,23). The Hall–Kier alpha value is -2.09. The number of carbonyl (C=O) groups is 2. The maximum absolute atomic E-state index is 12.0. The fraction of sp³-hybridized carbons (Fsp3) is 0.526. The highest BCUT2D eigenvalue weighted by atomic mass is 79.9. The van der Waals surface area contributed by atoms with Crippen molar-refractivity contribution in [2.45, 2.75) is 25.8 Å². The zero-order chi connectivity index (χ0) is 19.8. The third kappa shape index (κ3) is 7.21. The lowest BCUT2D eigenvalue weighted by molar-refractivity contribution is -0.127. The highest BCUT2D eigenvalue weighted by Gasteiger charge is 2.24. The minimum absolute atomic E-state index is 0.0166. The molecular formula is C19H28BrN5O2. The largest absolute Gasteiger partial charge is 0.370 e. The van der Waals surface area contributed by atoms with Gasteiger partial charge in [0, 0.05) is 38.1 Å². The van der Waals surface area contributed by atoms with E-state index in [-0.39, 0.29) is 24.3 Å². The van der Waals surface area contributed by atoms with Crippen LogP contribution in [0, 0.1) is 5.92 Å². The van der Waals surface area contributed by atoms with Crippen molar-refractivity contribution in [3.05, 3.63) is 34.3 Å². The number of nitrogens with one attached hydrogen (secondary N) is 1. The molecule has 1 aromatic carbocycles. The van der Waals surface area contributed by atoms with Crippen LogP contribution in [0.5, 0.6) is 0 Å². The van der Waals surface area contributed by atoms with Gasteiger partial charge in [0.25, 0.3) is 0 Å². The predicted octanol–water partition coefficient (Wildman–Crippen LogP) is 1.57. The summed E-state index contributed by atoms with van der Waals surface area (Å²) in [6, 6.07) is 8.00. The van der Waals surface area contributed by atoms with Crippen LogP contribution in [-0.2, 0) is 16.1 Å². The molecule has 2 rings (SSSR count). The zero-order valence-corrected chi connectivity index (χ0v) is 17.5. The van der Waals surface area contributed by atoms with Crippen molar-refractivity contribution >= 4 is 33.7 Å². The first-order valence-electron chi connectivity index (χ1n) is 9.11. The number of aliphatic imine (C=N–C) groups is 1. The Balaban J connectivity index is 2.09. The van der Waals surface area contributed by atoms with Crippen molar-refractivity contribution < 1.29 is 9.59 Å². The molecule has 3 N–H and O–H groups in total. The molecule has 0 spiro atoms. The van der Waals surface area contributed by atoms with Gasteiger partial charge in [0.1, 0.15) is 0 Å². The van der Waals surface area contributed by atoms with Crippen LogP contribution in [0.15, 0.2) is 33.7 Å². The quantitative estimate of drug-likeness (QED) is 0.521. The van der Waals surface area contributed by atoms with Gasteiger partial charge in [-0.1, -0.05) is 28.1 Å². The molecule has 148 valence electrons. The fourth-order valence-electron chi connectivity index (χ4n) is 3.05. The van der Waals surface area contributed by atoms with E-state index in [1.54, 1.807) is 19.0 Å². The SMILES string of the molecule is CN(C)C(=O)CNC(=NCc1ccc(Br)cc1)N1CCCC(CC(N)=O)C1. The predicted molar refractivity (Wildman–Crippen MR) is 110 cm³/mol. The topological polar surface area (TPSA) is 91.0 Å². The summed E-state index contributed by atoms with van der Waals surface area (Å²) >= 11 is 3.43. The van der Waals surface area contributed by atoms with Gasteiger partial charge < -0.3 is 20.9 Å². The number of amides is 2. The van der Waals surface area contributed by atoms with E-state index in [1.165, 1.54) is 0 Å². The van der Waals surface area contributed by atoms with Crippen LogP contribution in [0.25, 0.3) is 0 Å². The number of guanidine groups is 1. The van der Waals surface area contributed by atoms with Crippen molar-refractivity contribution in [3.8, 4) is 0 Å². The van der Waals surface area contributed by atoms with Gasteiger partial charge in [-0.25, -0.2) is 4.99 Å². The number of halogens is 1. The van der Waals surface area contributed by atoms with Crippen LogP contribution < -0.4 is 11.1 Å². The summed E-state index contributed by atoms with van der Waals surface area (Å²) in [5, 5.41) is 3.19. The van der Waals surface area contributed by atoms with Crippen LogP contribution in [0.4, 0.5) is 0 Å². The van der Waals surface area contributed by atoms with E-state index < -0.39 is 0 Å². The summed E-state index contributed by atoms with van der Waals surface area (Å²) in [6.07, 6.45) is 2.34. The van der Waals surface area contributed by atoms with E-state index in [0.29, 0.717) is 25.5 Å². The van der Waals surface area contributed by atoms with E-state index >= 15 is 0 Å². The Morgan fingerprint density at radius 1 is 1.33 bits per heavy atom. The first kappa shape index (κ1) is 21.2. The van der Waals surface area contributed by atoms with Crippen molar-refractivity contribution in [2.24, 2.45) is 16.6 Å². The second-order valence-electron chi connectivity index (χ2n) is 7.03. The molecule has 1 heterocycles. The van der Waals surface area contributed by atoms with Gasteiger partial charge in [0.2, 0.25) is 11.8 Å². The number of piperidine rings is 1. The Bertz CT molecular complexity index is 675. The number of hydrogen-bond donors (Lipinski definition) is 2. The molecule has 1 aliphatic rings. The summed E-state index contributed by atoms with van der Waals surface area (Å²) in [5.74, 6) is 0.630. The van der Waals surface area contributed by atoms with E-state index in [0.717, 1.165) is 29.4 Å². The molecule has 0 aromatic heterocycles. The van der Waals surface area contributed by atoms with Gasteiger partial charge in [-0.05, 0) is 36.5 Å². The molecule has 8 heteroatoms. The van der Waals surface area contributed by atoms with Gasteiger partial charge in [0.15, 0.2) is 5.96 Å². The summed E-state index contributed by atoms with van der Waals surface area (Å²) in [6.45, 7) is 2.26. The molecule has 1 fully saturated rings. The van der Waals surface area contributed by atoms with Crippen LogP contribution in [-0.4, -0.2) is 61.3 Å². The minimum atomic E-state index is -0.272. The molecule has 1 unspecified atom stereocenters. The smallest absolute Gasteiger partial charge is 0.241 e. The third-order valence-electron chi connectivity index (χ3n) is 4.53. The number of primary amides is 1. The number of nitrogens with zero attached hydrogens (tertiary/aromatic N) is 3. The molecule has 1 saturated heterocycles. The molecule has 0 saturated carbocycles. The average molecular weight is 438 g/mol. The lowest BCUT2D eigenvalue weighted by Crippen LogP contribution is -2.49. The Morgan fingerprint density at radius 2 is 2.04 bits per heavy atom. The van der Waals surface area contributed by atoms with Gasteiger partial charge in [0.05, 0.1) is 13.1 Å². The number of hydrogen-bond acceptors (Lipinski definition) is 3. The van der Waals surface area contributed by atoms with Crippen LogP contribution in [0.1, 0.15) is 24.8 Å². The zero-order valence-electron chi connectivity index (χ0n) is 15.9. The molecule has 27 heavy (non-hydrogen) atoms. The number of likely N-dealkylation sites (tertiary alicyclic amines) is 1. The summed E-state index contributed by atoms with van der Waals surface area (Å²) in [4.78, 5) is 31.6. The van der Waals surface area contributed by atoms with Crippen molar-refractivity contribution in [2.75, 3.05) is 33.7 Å². The molecule has 1 aromatic rings. The maximum atomic E-state index is 12.0. The monoisotopic (exact) mass is 437 g/mol. The van der Waals surface area contributed by atoms with E-state index in [4.69, 9.17) is 10.7 Å². The minimum Gasteiger partial charge on any atom is -0.370 e. The van der Waals surface area contributed by atoms with Crippen LogP contribution >= 0.6 is 15.9 Å². The summed E-state index contributed by atoms with van der Waals surface area (Å²) < 4.78 is 1.02. The lowest BCUT2D eigenvalue weighted by Gasteiger charge is -2.34. The second kappa shape index (κ2) is 10.3. The molecule has 1 aliphatic heterocycles. The Labute approximate surface area is 169 Å². The van der Waals surface area contributed by atoms with Gasteiger partial charge in [-0.2, -0.15) is 0 Å².